The van der Waals surface area contributed by atoms with E-state index in [1.807, 2.05) is 6.08 Å². The van der Waals surface area contributed by atoms with E-state index in [0.717, 1.165) is 4.47 Å². The van der Waals surface area contributed by atoms with Gasteiger partial charge in [0.25, 0.3) is 0 Å². The Kier molecular flexibility index (Phi) is 3.73. The maximum Gasteiger partial charge on any atom is 0.0628 e. The zero-order chi connectivity index (χ0) is 13.2. The van der Waals surface area contributed by atoms with Crippen LogP contribution in [0.1, 0.15) is 24.5 Å². The van der Waals surface area contributed by atoms with Gasteiger partial charge in [0, 0.05) is 22.2 Å². The second kappa shape index (κ2) is 5.12. The molecule has 1 aromatic carbocycles. The maximum absolute atomic E-state index is 8.99. The third-order valence-corrected chi connectivity index (χ3v) is 4.34. The molecule has 2 rings (SSSR count). The van der Waals surface area contributed by atoms with Gasteiger partial charge in [-0.2, -0.15) is 5.26 Å². The van der Waals surface area contributed by atoms with Gasteiger partial charge in [0.15, 0.2) is 0 Å². The van der Waals surface area contributed by atoms with Crippen molar-refractivity contribution in [3.05, 3.63) is 58.1 Å². The van der Waals surface area contributed by atoms with Crippen molar-refractivity contribution >= 4 is 15.9 Å². The summed E-state index contributed by atoms with van der Waals surface area (Å²) < 4.78 is 1.12. The molecule has 2 atom stereocenters. The zero-order valence-corrected chi connectivity index (χ0v) is 12.2. The molecule has 18 heavy (non-hydrogen) atoms. The molecule has 0 N–H and O–H groups in total. The fourth-order valence-corrected chi connectivity index (χ4v) is 3.42. The first-order valence-electron chi connectivity index (χ1n) is 6.07. The Balaban J connectivity index is 2.49. The Morgan fingerprint density at radius 2 is 2.17 bits per heavy atom. The Morgan fingerprint density at radius 3 is 2.83 bits per heavy atom. The molecule has 1 aromatic rings. The first-order valence-corrected chi connectivity index (χ1v) is 6.87. The highest BCUT2D eigenvalue weighted by molar-refractivity contribution is 9.10. The summed E-state index contributed by atoms with van der Waals surface area (Å²) in [7, 11) is 0. The van der Waals surface area contributed by atoms with E-state index in [4.69, 9.17) is 5.26 Å². The molecular weight excluding hydrogens is 286 g/mol. The Morgan fingerprint density at radius 1 is 1.39 bits per heavy atom. The number of nitrogens with zero attached hydrogens (tertiary/aromatic N) is 1. The van der Waals surface area contributed by atoms with Crippen molar-refractivity contribution in [1.29, 1.82) is 5.26 Å². The lowest BCUT2D eigenvalue weighted by molar-refractivity contribution is 0.430. The van der Waals surface area contributed by atoms with Crippen LogP contribution in [0.15, 0.2) is 47.0 Å². The molecule has 0 radical (unpaired) electrons. The van der Waals surface area contributed by atoms with Crippen molar-refractivity contribution in [2.24, 2.45) is 5.92 Å². The second-order valence-electron chi connectivity index (χ2n) is 4.98. The summed E-state index contributed by atoms with van der Waals surface area (Å²) in [6.45, 7) is 4.28. The average Bonchev–Trinajstić information content (AvgIpc) is 2.32. The number of halogens is 1. The van der Waals surface area contributed by atoms with Gasteiger partial charge in [0.1, 0.15) is 0 Å². The van der Waals surface area contributed by atoms with Crippen LogP contribution in [-0.2, 0) is 5.41 Å². The van der Waals surface area contributed by atoms with Crippen LogP contribution in [0.3, 0.4) is 0 Å². The summed E-state index contributed by atoms with van der Waals surface area (Å²) in [5.41, 5.74) is 2.37. The summed E-state index contributed by atoms with van der Waals surface area (Å²) in [5.74, 6) is 0.228. The summed E-state index contributed by atoms with van der Waals surface area (Å²) in [5, 5.41) is 8.99. The van der Waals surface area contributed by atoms with Gasteiger partial charge >= 0.3 is 0 Å². The molecule has 1 nitrogen and oxygen atoms in total. The van der Waals surface area contributed by atoms with E-state index in [2.05, 4.69) is 72.3 Å². The van der Waals surface area contributed by atoms with Crippen LogP contribution in [0.4, 0.5) is 0 Å². The standard InChI is InChI=1S/C16H16BrN/c1-12-6-7-14(15(17)11-12)16(2)9-4-3-5-13(16)8-10-18/h3-7,9,11,13H,8H2,1-2H3. The highest BCUT2D eigenvalue weighted by Crippen LogP contribution is 2.41. The Hall–Kier alpha value is -1.33. The van der Waals surface area contributed by atoms with E-state index in [9.17, 15) is 0 Å². The van der Waals surface area contributed by atoms with E-state index >= 15 is 0 Å². The summed E-state index contributed by atoms with van der Waals surface area (Å²) in [6, 6.07) is 8.71. The van der Waals surface area contributed by atoms with E-state index in [1.54, 1.807) is 0 Å². The summed E-state index contributed by atoms with van der Waals surface area (Å²) >= 11 is 3.66. The third kappa shape index (κ3) is 2.28. The van der Waals surface area contributed by atoms with Crippen molar-refractivity contribution in [3.63, 3.8) is 0 Å². The average molecular weight is 302 g/mol. The van der Waals surface area contributed by atoms with Gasteiger partial charge < -0.3 is 0 Å². The summed E-state index contributed by atoms with van der Waals surface area (Å²) in [6.07, 6.45) is 8.98. The van der Waals surface area contributed by atoms with Crippen LogP contribution in [0.2, 0.25) is 0 Å². The van der Waals surface area contributed by atoms with Crippen molar-refractivity contribution in [1.82, 2.24) is 0 Å². The van der Waals surface area contributed by atoms with Crippen molar-refractivity contribution in [3.8, 4) is 6.07 Å². The molecule has 0 spiro atoms. The molecule has 0 saturated heterocycles. The normalized spacial score (nSPS) is 26.0. The van der Waals surface area contributed by atoms with Crippen LogP contribution in [0, 0.1) is 24.2 Å². The van der Waals surface area contributed by atoms with Gasteiger partial charge in [-0.1, -0.05) is 59.3 Å². The molecule has 2 unspecified atom stereocenters. The first kappa shape index (κ1) is 13.1. The number of nitriles is 1. The molecule has 0 amide bonds. The number of rotatable bonds is 2. The van der Waals surface area contributed by atoms with Crippen LogP contribution < -0.4 is 0 Å². The molecule has 0 aromatic heterocycles. The number of hydrogen-bond donors (Lipinski definition) is 0. The molecule has 0 fully saturated rings. The van der Waals surface area contributed by atoms with Gasteiger partial charge in [-0.15, -0.1) is 0 Å². The van der Waals surface area contributed by atoms with E-state index in [1.165, 1.54) is 11.1 Å². The van der Waals surface area contributed by atoms with Crippen LogP contribution in [0.25, 0.3) is 0 Å². The van der Waals surface area contributed by atoms with Gasteiger partial charge in [0.2, 0.25) is 0 Å². The molecule has 92 valence electrons. The number of benzene rings is 1. The lowest BCUT2D eigenvalue weighted by Gasteiger charge is -2.35. The van der Waals surface area contributed by atoms with Crippen molar-refractivity contribution in [2.45, 2.75) is 25.7 Å². The monoisotopic (exact) mass is 301 g/mol. The van der Waals surface area contributed by atoms with Crippen LogP contribution in [0.5, 0.6) is 0 Å². The topological polar surface area (TPSA) is 23.8 Å². The lowest BCUT2D eigenvalue weighted by atomic mass is 9.68. The molecule has 0 aliphatic heterocycles. The minimum absolute atomic E-state index is 0.114. The van der Waals surface area contributed by atoms with Gasteiger partial charge in [-0.05, 0) is 24.1 Å². The van der Waals surface area contributed by atoms with Gasteiger partial charge in [-0.3, -0.25) is 0 Å². The molecule has 1 aliphatic rings. The number of hydrogen-bond acceptors (Lipinski definition) is 1. The van der Waals surface area contributed by atoms with Gasteiger partial charge in [0.05, 0.1) is 6.07 Å². The first-order chi connectivity index (χ1) is 8.58. The molecule has 1 aliphatic carbocycles. The zero-order valence-electron chi connectivity index (χ0n) is 10.7. The molecule has 0 saturated carbocycles. The number of aryl methyl sites for hydroxylation is 1. The fraction of sp³-hybridized carbons (Fsp3) is 0.312. The Labute approximate surface area is 117 Å². The Bertz CT molecular complexity index is 551. The van der Waals surface area contributed by atoms with E-state index in [0.29, 0.717) is 6.42 Å². The van der Waals surface area contributed by atoms with E-state index < -0.39 is 0 Å². The van der Waals surface area contributed by atoms with Crippen molar-refractivity contribution in [2.75, 3.05) is 0 Å². The second-order valence-corrected chi connectivity index (χ2v) is 5.83. The molecule has 2 heteroatoms. The highest BCUT2D eigenvalue weighted by atomic mass is 79.9. The maximum atomic E-state index is 8.99. The predicted molar refractivity (Wildman–Crippen MR) is 78.2 cm³/mol. The SMILES string of the molecule is Cc1ccc(C2(C)C=CC=CC2CC#N)c(Br)c1. The summed E-state index contributed by atoms with van der Waals surface area (Å²) in [4.78, 5) is 0. The van der Waals surface area contributed by atoms with Crippen LogP contribution >= 0.6 is 15.9 Å². The quantitative estimate of drug-likeness (QED) is 0.778. The van der Waals surface area contributed by atoms with Crippen molar-refractivity contribution < 1.29 is 0 Å². The number of allylic oxidation sites excluding steroid dienone is 4. The highest BCUT2D eigenvalue weighted by Gasteiger charge is 2.34. The fourth-order valence-electron chi connectivity index (χ4n) is 2.50. The smallest absolute Gasteiger partial charge is 0.0628 e. The van der Waals surface area contributed by atoms with Gasteiger partial charge in [-0.25, -0.2) is 0 Å². The minimum atomic E-state index is -0.114. The third-order valence-electron chi connectivity index (χ3n) is 3.68. The van der Waals surface area contributed by atoms with E-state index in [-0.39, 0.29) is 11.3 Å². The largest absolute Gasteiger partial charge is 0.198 e. The minimum Gasteiger partial charge on any atom is -0.198 e. The lowest BCUT2D eigenvalue weighted by Crippen LogP contribution is -2.30. The van der Waals surface area contributed by atoms with Crippen LogP contribution in [-0.4, -0.2) is 0 Å². The predicted octanol–water partition coefficient (Wildman–Crippen LogP) is 4.67. The molecule has 0 bridgehead atoms. The molecule has 0 heterocycles. The molecular formula is C16H16BrN.